The third-order valence-corrected chi connectivity index (χ3v) is 3.86. The lowest BCUT2D eigenvalue weighted by atomic mass is 10.1. The van der Waals surface area contributed by atoms with Crippen molar-refractivity contribution in [2.75, 3.05) is 18.7 Å². The molecule has 2 aliphatic heterocycles. The molecular weight excluding hydrogens is 270 g/mol. The number of hydrogen-bond donors (Lipinski definition) is 2. The first-order chi connectivity index (χ1) is 10.3. The Balaban J connectivity index is 1.67. The number of anilines is 1. The minimum Gasteiger partial charge on any atom is -0.454 e. The van der Waals surface area contributed by atoms with Gasteiger partial charge in [-0.1, -0.05) is 0 Å². The number of piperidine rings is 1. The molecule has 1 amide bonds. The van der Waals surface area contributed by atoms with Gasteiger partial charge >= 0.3 is 0 Å². The van der Waals surface area contributed by atoms with Crippen LogP contribution in [0.4, 0.5) is 5.82 Å². The van der Waals surface area contributed by atoms with E-state index in [4.69, 9.17) is 9.47 Å². The average Bonchev–Trinajstić information content (AvgIpc) is 2.95. The van der Waals surface area contributed by atoms with E-state index in [9.17, 15) is 4.79 Å². The van der Waals surface area contributed by atoms with E-state index in [-0.39, 0.29) is 18.7 Å². The van der Waals surface area contributed by atoms with Gasteiger partial charge in [-0.3, -0.25) is 4.79 Å². The summed E-state index contributed by atoms with van der Waals surface area (Å²) in [5, 5.41) is 8.33. The second-order valence-corrected chi connectivity index (χ2v) is 5.27. The van der Waals surface area contributed by atoms with Gasteiger partial charge in [0.1, 0.15) is 5.82 Å². The number of amides is 1. The van der Waals surface area contributed by atoms with E-state index >= 15 is 0 Å². The number of benzene rings is 1. The monoisotopic (exact) mass is 285 g/mol. The quantitative estimate of drug-likeness (QED) is 0.878. The van der Waals surface area contributed by atoms with Crippen LogP contribution in [0.25, 0.3) is 10.8 Å². The lowest BCUT2D eigenvalue weighted by Gasteiger charge is -2.24. The van der Waals surface area contributed by atoms with Crippen LogP contribution in [0.2, 0.25) is 0 Å². The fourth-order valence-electron chi connectivity index (χ4n) is 2.73. The highest BCUT2D eigenvalue weighted by Crippen LogP contribution is 2.37. The zero-order valence-corrected chi connectivity index (χ0v) is 11.4. The van der Waals surface area contributed by atoms with E-state index in [0.717, 1.165) is 34.5 Å². The lowest BCUT2D eigenvalue weighted by molar-refractivity contribution is -0.122. The molecule has 0 spiro atoms. The van der Waals surface area contributed by atoms with E-state index in [1.165, 1.54) is 0 Å². The Morgan fingerprint density at radius 2 is 2.14 bits per heavy atom. The summed E-state index contributed by atoms with van der Waals surface area (Å²) in [6.45, 7) is 0.887. The molecule has 1 fully saturated rings. The highest BCUT2D eigenvalue weighted by molar-refractivity contribution is 5.94. The molecule has 0 bridgehead atoms. The molecule has 4 rings (SSSR count). The van der Waals surface area contributed by atoms with Crippen LogP contribution >= 0.6 is 0 Å². The molecule has 0 radical (unpaired) electrons. The Labute approximate surface area is 121 Å². The molecule has 6 heteroatoms. The SMILES string of the molecule is O=C1CCC(Nc2nccc3cc4c(cc23)OCO4)CN1. The van der Waals surface area contributed by atoms with Crippen molar-refractivity contribution in [1.29, 1.82) is 0 Å². The first kappa shape index (κ1) is 12.3. The number of hydrogen-bond acceptors (Lipinski definition) is 5. The van der Waals surface area contributed by atoms with Gasteiger partial charge in [-0.05, 0) is 30.0 Å². The summed E-state index contributed by atoms with van der Waals surface area (Å²) in [6.07, 6.45) is 3.14. The highest BCUT2D eigenvalue weighted by atomic mass is 16.7. The molecule has 1 aromatic heterocycles. The normalized spacial score (nSPS) is 20.4. The number of ether oxygens (including phenoxy) is 2. The van der Waals surface area contributed by atoms with Crippen molar-refractivity contribution >= 4 is 22.5 Å². The standard InChI is InChI=1S/C15H15N3O3/c19-14-2-1-10(7-17-14)18-15-11-6-13-12(20-8-21-13)5-9(11)3-4-16-15/h3-6,10H,1-2,7-8H2,(H,16,18)(H,17,19). The molecule has 21 heavy (non-hydrogen) atoms. The van der Waals surface area contributed by atoms with Crippen molar-refractivity contribution in [1.82, 2.24) is 10.3 Å². The van der Waals surface area contributed by atoms with Gasteiger partial charge in [0.2, 0.25) is 12.7 Å². The molecule has 3 heterocycles. The Morgan fingerprint density at radius 1 is 1.29 bits per heavy atom. The van der Waals surface area contributed by atoms with Gasteiger partial charge in [0.25, 0.3) is 0 Å². The van der Waals surface area contributed by atoms with Gasteiger partial charge < -0.3 is 20.1 Å². The maximum Gasteiger partial charge on any atom is 0.231 e. The molecule has 2 aromatic rings. The van der Waals surface area contributed by atoms with E-state index in [0.29, 0.717) is 13.0 Å². The summed E-state index contributed by atoms with van der Waals surface area (Å²) in [7, 11) is 0. The molecule has 108 valence electrons. The minimum absolute atomic E-state index is 0.113. The number of nitrogens with zero attached hydrogens (tertiary/aromatic N) is 1. The molecule has 0 saturated carbocycles. The number of nitrogens with one attached hydrogen (secondary N) is 2. The number of carbonyl (C=O) groups excluding carboxylic acids is 1. The van der Waals surface area contributed by atoms with Crippen LogP contribution in [0.5, 0.6) is 11.5 Å². The predicted molar refractivity (Wildman–Crippen MR) is 77.5 cm³/mol. The molecule has 1 unspecified atom stereocenters. The summed E-state index contributed by atoms with van der Waals surface area (Å²) in [5.41, 5.74) is 0. The van der Waals surface area contributed by atoms with Crippen molar-refractivity contribution in [2.45, 2.75) is 18.9 Å². The smallest absolute Gasteiger partial charge is 0.231 e. The van der Waals surface area contributed by atoms with E-state index in [1.54, 1.807) is 6.20 Å². The minimum atomic E-state index is 0.113. The maximum atomic E-state index is 11.2. The van der Waals surface area contributed by atoms with Crippen molar-refractivity contribution in [3.05, 3.63) is 24.4 Å². The lowest BCUT2D eigenvalue weighted by Crippen LogP contribution is -2.42. The highest BCUT2D eigenvalue weighted by Gasteiger charge is 2.20. The van der Waals surface area contributed by atoms with Gasteiger partial charge in [-0.25, -0.2) is 4.98 Å². The van der Waals surface area contributed by atoms with Crippen molar-refractivity contribution in [3.63, 3.8) is 0 Å². The maximum absolute atomic E-state index is 11.2. The van der Waals surface area contributed by atoms with Gasteiger partial charge in [0.15, 0.2) is 11.5 Å². The first-order valence-corrected chi connectivity index (χ1v) is 7.01. The van der Waals surface area contributed by atoms with E-state index in [2.05, 4.69) is 15.6 Å². The fraction of sp³-hybridized carbons (Fsp3) is 0.333. The number of pyridine rings is 1. The average molecular weight is 285 g/mol. The predicted octanol–water partition coefficient (Wildman–Crippen LogP) is 1.65. The molecule has 1 aromatic carbocycles. The second kappa shape index (κ2) is 4.80. The molecule has 0 aliphatic carbocycles. The summed E-state index contributed by atoms with van der Waals surface area (Å²) in [5.74, 6) is 2.44. The Hall–Kier alpha value is -2.50. The Morgan fingerprint density at radius 3 is 2.95 bits per heavy atom. The first-order valence-electron chi connectivity index (χ1n) is 7.01. The van der Waals surface area contributed by atoms with Crippen molar-refractivity contribution in [2.24, 2.45) is 0 Å². The zero-order valence-electron chi connectivity index (χ0n) is 11.4. The second-order valence-electron chi connectivity index (χ2n) is 5.27. The fourth-order valence-corrected chi connectivity index (χ4v) is 2.73. The third-order valence-electron chi connectivity index (χ3n) is 3.86. The molecule has 2 aliphatic rings. The third kappa shape index (κ3) is 2.22. The van der Waals surface area contributed by atoms with Crippen LogP contribution in [0.1, 0.15) is 12.8 Å². The van der Waals surface area contributed by atoms with Crippen molar-refractivity contribution in [3.8, 4) is 11.5 Å². The summed E-state index contributed by atoms with van der Waals surface area (Å²) in [6, 6.07) is 6.07. The molecule has 1 atom stereocenters. The van der Waals surface area contributed by atoms with Crippen LogP contribution < -0.4 is 20.1 Å². The van der Waals surface area contributed by atoms with Crippen LogP contribution in [0.3, 0.4) is 0 Å². The van der Waals surface area contributed by atoms with Crippen LogP contribution in [0.15, 0.2) is 24.4 Å². The van der Waals surface area contributed by atoms with Crippen LogP contribution in [0, 0.1) is 0 Å². The Bertz CT molecular complexity index is 707. The molecule has 2 N–H and O–H groups in total. The molecular formula is C15H15N3O3. The van der Waals surface area contributed by atoms with E-state index in [1.807, 2.05) is 18.2 Å². The Kier molecular flexibility index (Phi) is 2.80. The van der Waals surface area contributed by atoms with Gasteiger partial charge in [0, 0.05) is 30.6 Å². The number of aromatic nitrogens is 1. The van der Waals surface area contributed by atoms with Crippen LogP contribution in [-0.4, -0.2) is 30.3 Å². The van der Waals surface area contributed by atoms with Gasteiger partial charge in [-0.2, -0.15) is 0 Å². The number of carbonyl (C=O) groups is 1. The number of fused-ring (bicyclic) bond motifs is 2. The van der Waals surface area contributed by atoms with Crippen LogP contribution in [-0.2, 0) is 4.79 Å². The zero-order chi connectivity index (χ0) is 14.2. The van der Waals surface area contributed by atoms with Gasteiger partial charge in [0.05, 0.1) is 0 Å². The number of rotatable bonds is 2. The van der Waals surface area contributed by atoms with E-state index < -0.39 is 0 Å². The molecule has 1 saturated heterocycles. The summed E-state index contributed by atoms with van der Waals surface area (Å²) < 4.78 is 10.8. The largest absolute Gasteiger partial charge is 0.454 e. The van der Waals surface area contributed by atoms with Gasteiger partial charge in [-0.15, -0.1) is 0 Å². The topological polar surface area (TPSA) is 72.5 Å². The van der Waals surface area contributed by atoms with Crippen molar-refractivity contribution < 1.29 is 14.3 Å². The summed E-state index contributed by atoms with van der Waals surface area (Å²) in [4.78, 5) is 15.6. The molecule has 6 nitrogen and oxygen atoms in total. The summed E-state index contributed by atoms with van der Waals surface area (Å²) >= 11 is 0.